The molecule has 0 aliphatic heterocycles. The topological polar surface area (TPSA) is 89.6 Å². The molecule has 6 heteroatoms. The lowest BCUT2D eigenvalue weighted by atomic mass is 9.89. The Morgan fingerprint density at radius 3 is 2.57 bits per heavy atom. The summed E-state index contributed by atoms with van der Waals surface area (Å²) in [6.07, 6.45) is -0.298. The quantitative estimate of drug-likeness (QED) is 0.819. The van der Waals surface area contributed by atoms with Gasteiger partial charge in [0.15, 0.2) is 0 Å². The van der Waals surface area contributed by atoms with Gasteiger partial charge in [0.2, 0.25) is 0 Å². The van der Waals surface area contributed by atoms with Crippen molar-refractivity contribution >= 4 is 33.4 Å². The highest BCUT2D eigenvalue weighted by atomic mass is 32.1. The summed E-state index contributed by atoms with van der Waals surface area (Å²) >= 11 is 1.50. The Labute approximate surface area is 139 Å². The summed E-state index contributed by atoms with van der Waals surface area (Å²) in [4.78, 5) is 23.7. The van der Waals surface area contributed by atoms with Crippen molar-refractivity contribution in [2.75, 3.05) is 0 Å². The van der Waals surface area contributed by atoms with E-state index in [-0.39, 0.29) is 6.42 Å². The first-order chi connectivity index (χ1) is 10.7. The van der Waals surface area contributed by atoms with Gasteiger partial charge in [-0.05, 0) is 43.2 Å². The monoisotopic (exact) mass is 335 g/mol. The number of ether oxygens (including phenoxy) is 1. The Morgan fingerprint density at radius 1 is 1.30 bits per heavy atom. The van der Waals surface area contributed by atoms with Crippen LogP contribution in [0.15, 0.2) is 29.6 Å². The first kappa shape index (κ1) is 17.4. The lowest BCUT2D eigenvalue weighted by molar-refractivity contribution is -0.157. The van der Waals surface area contributed by atoms with E-state index in [1.54, 1.807) is 20.8 Å². The summed E-state index contributed by atoms with van der Waals surface area (Å²) in [5.74, 6) is -2.33. The van der Waals surface area contributed by atoms with E-state index in [1.165, 1.54) is 11.3 Å². The van der Waals surface area contributed by atoms with E-state index in [0.717, 1.165) is 15.6 Å². The molecular weight excluding hydrogens is 314 g/mol. The lowest BCUT2D eigenvalue weighted by Gasteiger charge is -2.26. The second-order valence-electron chi connectivity index (χ2n) is 6.46. The van der Waals surface area contributed by atoms with Crippen LogP contribution in [0.5, 0.6) is 0 Å². The average Bonchev–Trinajstić information content (AvgIpc) is 2.80. The highest BCUT2D eigenvalue weighted by molar-refractivity contribution is 7.17. The molecule has 2 aromatic rings. The first-order valence-corrected chi connectivity index (χ1v) is 8.23. The van der Waals surface area contributed by atoms with Crippen molar-refractivity contribution in [3.05, 3.63) is 35.2 Å². The fraction of sp³-hybridized carbons (Fsp3) is 0.412. The number of fused-ring (bicyclic) bond motifs is 1. The van der Waals surface area contributed by atoms with Crippen LogP contribution in [-0.2, 0) is 14.3 Å². The molecule has 1 unspecified atom stereocenters. The van der Waals surface area contributed by atoms with Crippen LogP contribution in [0.1, 0.15) is 38.7 Å². The number of thiophene rings is 1. The maximum absolute atomic E-state index is 12.6. The summed E-state index contributed by atoms with van der Waals surface area (Å²) < 4.78 is 6.49. The minimum atomic E-state index is -1.04. The van der Waals surface area contributed by atoms with Crippen LogP contribution < -0.4 is 5.73 Å². The highest BCUT2D eigenvalue weighted by Crippen LogP contribution is 2.34. The van der Waals surface area contributed by atoms with E-state index in [9.17, 15) is 9.59 Å². The third-order valence-electron chi connectivity index (χ3n) is 3.35. The van der Waals surface area contributed by atoms with Crippen LogP contribution in [-0.4, -0.2) is 28.7 Å². The summed E-state index contributed by atoms with van der Waals surface area (Å²) in [6, 6.07) is 6.82. The minimum absolute atomic E-state index is 0.298. The van der Waals surface area contributed by atoms with Gasteiger partial charge in [-0.1, -0.05) is 18.2 Å². The smallest absolute Gasteiger partial charge is 0.315 e. The summed E-state index contributed by atoms with van der Waals surface area (Å²) in [5, 5.41) is 11.8. The molecule has 5 nitrogen and oxygen atoms in total. The molecule has 124 valence electrons. The molecule has 0 spiro atoms. The number of aliphatic carboxylic acids is 1. The molecule has 0 amide bonds. The molecule has 0 aliphatic rings. The zero-order chi connectivity index (χ0) is 17.2. The van der Waals surface area contributed by atoms with Gasteiger partial charge in [-0.15, -0.1) is 11.3 Å². The third kappa shape index (κ3) is 4.30. The van der Waals surface area contributed by atoms with Crippen LogP contribution in [0.2, 0.25) is 0 Å². The van der Waals surface area contributed by atoms with Crippen molar-refractivity contribution in [3.63, 3.8) is 0 Å². The Kier molecular flexibility index (Phi) is 5.06. The maximum atomic E-state index is 12.6. The molecule has 1 aromatic heterocycles. The number of nitrogens with two attached hydrogens (primary N) is 1. The number of carbonyl (C=O) groups is 2. The fourth-order valence-electron chi connectivity index (χ4n) is 2.46. The van der Waals surface area contributed by atoms with Crippen molar-refractivity contribution in [1.82, 2.24) is 0 Å². The Bertz CT molecular complexity index is 717. The minimum Gasteiger partial charge on any atom is -0.481 e. The van der Waals surface area contributed by atoms with E-state index in [4.69, 9.17) is 15.6 Å². The van der Waals surface area contributed by atoms with Gasteiger partial charge in [-0.3, -0.25) is 9.59 Å². The second-order valence-corrected chi connectivity index (χ2v) is 7.37. The standard InChI is InChI=1S/C17H21NO4S/c1-17(2,3)22-16(21)15(12(18)8-14(19)20)11-9-23-13-7-5-4-6-10(11)13/h4-7,9,12,15H,8,18H2,1-3H3,(H,19,20)/t12-,15?/m1/s1. The molecule has 0 aliphatic carbocycles. The molecular formula is C17H21NO4S. The van der Waals surface area contributed by atoms with Crippen LogP contribution >= 0.6 is 11.3 Å². The largest absolute Gasteiger partial charge is 0.481 e. The van der Waals surface area contributed by atoms with E-state index >= 15 is 0 Å². The Morgan fingerprint density at radius 2 is 1.96 bits per heavy atom. The third-order valence-corrected chi connectivity index (χ3v) is 4.33. The van der Waals surface area contributed by atoms with Gasteiger partial charge in [0, 0.05) is 10.7 Å². The predicted octanol–water partition coefficient (Wildman–Crippen LogP) is 3.13. The number of hydrogen-bond donors (Lipinski definition) is 2. The first-order valence-electron chi connectivity index (χ1n) is 7.35. The van der Waals surface area contributed by atoms with Gasteiger partial charge in [0.25, 0.3) is 0 Å². The molecule has 1 heterocycles. The molecule has 2 atom stereocenters. The second kappa shape index (κ2) is 6.68. The number of carboxylic acids is 1. The van der Waals surface area contributed by atoms with E-state index in [2.05, 4.69) is 0 Å². The molecule has 3 N–H and O–H groups in total. The number of rotatable bonds is 5. The van der Waals surface area contributed by atoms with Gasteiger partial charge in [-0.25, -0.2) is 0 Å². The molecule has 2 rings (SSSR count). The van der Waals surface area contributed by atoms with Crippen LogP contribution in [0, 0.1) is 0 Å². The molecule has 0 fully saturated rings. The van der Waals surface area contributed by atoms with Crippen LogP contribution in [0.3, 0.4) is 0 Å². The van der Waals surface area contributed by atoms with Gasteiger partial charge < -0.3 is 15.6 Å². The van der Waals surface area contributed by atoms with Gasteiger partial charge in [-0.2, -0.15) is 0 Å². The van der Waals surface area contributed by atoms with E-state index in [1.807, 2.05) is 29.6 Å². The van der Waals surface area contributed by atoms with E-state index < -0.39 is 29.5 Å². The zero-order valence-electron chi connectivity index (χ0n) is 13.4. The summed E-state index contributed by atoms with van der Waals surface area (Å²) in [7, 11) is 0. The van der Waals surface area contributed by atoms with E-state index in [0.29, 0.717) is 0 Å². The van der Waals surface area contributed by atoms with Crippen molar-refractivity contribution in [3.8, 4) is 0 Å². The van der Waals surface area contributed by atoms with Gasteiger partial charge in [0.05, 0.1) is 12.3 Å². The van der Waals surface area contributed by atoms with Gasteiger partial charge >= 0.3 is 11.9 Å². The molecule has 0 saturated carbocycles. The lowest BCUT2D eigenvalue weighted by Crippen LogP contribution is -2.39. The van der Waals surface area contributed by atoms with Crippen molar-refractivity contribution in [2.45, 2.75) is 44.8 Å². The Balaban J connectivity index is 2.44. The van der Waals surface area contributed by atoms with Crippen LogP contribution in [0.25, 0.3) is 10.1 Å². The summed E-state index contributed by atoms with van der Waals surface area (Å²) in [5.41, 5.74) is 6.11. The molecule has 1 aromatic carbocycles. The molecule has 0 saturated heterocycles. The zero-order valence-corrected chi connectivity index (χ0v) is 14.2. The van der Waals surface area contributed by atoms with Gasteiger partial charge in [0.1, 0.15) is 5.60 Å². The fourth-order valence-corrected chi connectivity index (χ4v) is 3.45. The number of carbonyl (C=O) groups excluding carboxylic acids is 1. The normalized spacial score (nSPS) is 14.4. The highest BCUT2D eigenvalue weighted by Gasteiger charge is 2.34. The number of hydrogen-bond acceptors (Lipinski definition) is 5. The summed E-state index contributed by atoms with van der Waals surface area (Å²) in [6.45, 7) is 5.32. The number of benzene rings is 1. The molecule has 0 radical (unpaired) electrons. The average molecular weight is 335 g/mol. The number of carboxylic acid groups (broad SMARTS) is 1. The maximum Gasteiger partial charge on any atom is 0.315 e. The number of esters is 1. The van der Waals surface area contributed by atoms with Crippen molar-refractivity contribution in [1.29, 1.82) is 0 Å². The van der Waals surface area contributed by atoms with Crippen LogP contribution in [0.4, 0.5) is 0 Å². The molecule has 0 bridgehead atoms. The molecule has 23 heavy (non-hydrogen) atoms. The van der Waals surface area contributed by atoms with Crippen molar-refractivity contribution < 1.29 is 19.4 Å². The SMILES string of the molecule is CC(C)(C)OC(=O)C(c1csc2ccccc12)[C@H](N)CC(=O)O. The van der Waals surface area contributed by atoms with Crippen molar-refractivity contribution in [2.24, 2.45) is 5.73 Å². The predicted molar refractivity (Wildman–Crippen MR) is 90.6 cm³/mol. The Hall–Kier alpha value is -1.92.